The predicted molar refractivity (Wildman–Crippen MR) is 50.4 cm³/mol. The molecule has 0 saturated carbocycles. The topological polar surface area (TPSA) is 54.4 Å². The third-order valence-electron chi connectivity index (χ3n) is 1.68. The van der Waals surface area contributed by atoms with Gasteiger partial charge in [-0.3, -0.25) is 4.79 Å². The molecule has 0 heterocycles. The van der Waals surface area contributed by atoms with E-state index in [4.69, 9.17) is 5.11 Å². The Bertz CT molecular complexity index is 432. The Balaban J connectivity index is 3.01. The van der Waals surface area contributed by atoms with Gasteiger partial charge in [0.25, 0.3) is 0 Å². The fourth-order valence-corrected chi connectivity index (χ4v) is 1.40. The average Bonchev–Trinajstić information content (AvgIpc) is 2.13. The summed E-state index contributed by atoms with van der Waals surface area (Å²) in [5, 5.41) is 8.33. The molecule has 0 fully saturated rings. The zero-order chi connectivity index (χ0) is 11.6. The van der Waals surface area contributed by atoms with Crippen LogP contribution in [0.3, 0.4) is 0 Å². The van der Waals surface area contributed by atoms with Gasteiger partial charge < -0.3 is 5.11 Å². The van der Waals surface area contributed by atoms with E-state index in [-0.39, 0.29) is 10.0 Å². The van der Waals surface area contributed by atoms with E-state index in [1.807, 2.05) is 0 Å². The number of halogens is 3. The highest BCUT2D eigenvalue weighted by Crippen LogP contribution is 2.21. The summed E-state index contributed by atoms with van der Waals surface area (Å²) in [5.41, 5.74) is 0.0984. The van der Waals surface area contributed by atoms with E-state index in [1.54, 1.807) is 0 Å². The molecule has 1 N–H and O–H groups in total. The van der Waals surface area contributed by atoms with E-state index in [2.05, 4.69) is 15.9 Å². The van der Waals surface area contributed by atoms with Gasteiger partial charge in [-0.15, -0.1) is 0 Å². The molecule has 0 atom stereocenters. The zero-order valence-electron chi connectivity index (χ0n) is 7.26. The van der Waals surface area contributed by atoms with Crippen LogP contribution >= 0.6 is 15.9 Å². The fourth-order valence-electron chi connectivity index (χ4n) is 0.948. The van der Waals surface area contributed by atoms with Crippen molar-refractivity contribution in [2.24, 2.45) is 0 Å². The SMILES string of the molecule is O=C(O)C(=O)Cc1cc(F)c(F)cc1Br. The Hall–Kier alpha value is -1.30. The van der Waals surface area contributed by atoms with Crippen LogP contribution < -0.4 is 0 Å². The van der Waals surface area contributed by atoms with Gasteiger partial charge in [0.1, 0.15) is 0 Å². The van der Waals surface area contributed by atoms with Crippen molar-refractivity contribution in [1.29, 1.82) is 0 Å². The van der Waals surface area contributed by atoms with Crippen molar-refractivity contribution >= 4 is 27.7 Å². The largest absolute Gasteiger partial charge is 0.475 e. The van der Waals surface area contributed by atoms with Crippen molar-refractivity contribution in [3.05, 3.63) is 33.8 Å². The normalized spacial score (nSPS) is 10.1. The number of carbonyl (C=O) groups is 2. The standard InChI is InChI=1S/C9H5BrF2O3/c10-5-3-7(12)6(11)1-4(5)2-8(13)9(14)15/h1,3H,2H2,(H,14,15). The molecule has 0 spiro atoms. The molecular formula is C9H5BrF2O3. The van der Waals surface area contributed by atoms with Gasteiger partial charge in [0.15, 0.2) is 11.6 Å². The molecule has 0 amide bonds. The molecule has 0 aliphatic heterocycles. The number of hydrogen-bond donors (Lipinski definition) is 1. The second-order valence-corrected chi connectivity index (χ2v) is 3.62. The summed E-state index contributed by atoms with van der Waals surface area (Å²) in [4.78, 5) is 21.1. The summed E-state index contributed by atoms with van der Waals surface area (Å²) < 4.78 is 25.6. The van der Waals surface area contributed by atoms with Crippen LogP contribution in [0.15, 0.2) is 16.6 Å². The molecule has 1 aromatic carbocycles. The molecule has 3 nitrogen and oxygen atoms in total. The summed E-state index contributed by atoms with van der Waals surface area (Å²) in [7, 11) is 0. The fraction of sp³-hybridized carbons (Fsp3) is 0.111. The minimum atomic E-state index is -1.60. The van der Waals surface area contributed by atoms with Crippen LogP contribution in [0.1, 0.15) is 5.56 Å². The third kappa shape index (κ3) is 2.82. The molecule has 1 aromatic rings. The lowest BCUT2D eigenvalue weighted by Gasteiger charge is -2.02. The van der Waals surface area contributed by atoms with Gasteiger partial charge in [-0.05, 0) is 17.7 Å². The van der Waals surface area contributed by atoms with Gasteiger partial charge in [-0.1, -0.05) is 15.9 Å². The number of ketones is 1. The summed E-state index contributed by atoms with van der Waals surface area (Å²) in [6.45, 7) is 0. The number of benzene rings is 1. The van der Waals surface area contributed by atoms with Gasteiger partial charge >= 0.3 is 5.97 Å². The van der Waals surface area contributed by atoms with Gasteiger partial charge in [0.2, 0.25) is 5.78 Å². The first-order valence-electron chi connectivity index (χ1n) is 3.81. The van der Waals surface area contributed by atoms with Crippen molar-refractivity contribution in [3.63, 3.8) is 0 Å². The maximum absolute atomic E-state index is 12.8. The molecule has 0 saturated heterocycles. The van der Waals surface area contributed by atoms with E-state index in [9.17, 15) is 18.4 Å². The van der Waals surface area contributed by atoms with E-state index in [0.717, 1.165) is 12.1 Å². The minimum absolute atomic E-state index is 0.0984. The van der Waals surface area contributed by atoms with Crippen molar-refractivity contribution in [2.45, 2.75) is 6.42 Å². The Morgan fingerprint density at radius 3 is 2.33 bits per heavy atom. The lowest BCUT2D eigenvalue weighted by Crippen LogP contribution is -2.15. The Morgan fingerprint density at radius 1 is 1.27 bits per heavy atom. The van der Waals surface area contributed by atoms with Crippen LogP contribution in [-0.4, -0.2) is 16.9 Å². The van der Waals surface area contributed by atoms with Crippen molar-refractivity contribution in [1.82, 2.24) is 0 Å². The maximum atomic E-state index is 12.8. The molecule has 6 heteroatoms. The van der Waals surface area contributed by atoms with E-state index in [0.29, 0.717) is 0 Å². The summed E-state index contributed by atoms with van der Waals surface area (Å²) in [5.74, 6) is -4.87. The number of hydrogen-bond acceptors (Lipinski definition) is 2. The monoisotopic (exact) mass is 278 g/mol. The summed E-state index contributed by atoms with van der Waals surface area (Å²) in [6.07, 6.45) is -0.479. The van der Waals surface area contributed by atoms with Gasteiger partial charge in [-0.2, -0.15) is 0 Å². The van der Waals surface area contributed by atoms with Crippen LogP contribution in [-0.2, 0) is 16.0 Å². The van der Waals surface area contributed by atoms with Crippen LogP contribution in [0.5, 0.6) is 0 Å². The average molecular weight is 279 g/mol. The first-order valence-corrected chi connectivity index (χ1v) is 4.60. The number of carboxylic acids is 1. The van der Waals surface area contributed by atoms with Crippen LogP contribution in [0.25, 0.3) is 0 Å². The van der Waals surface area contributed by atoms with Crippen molar-refractivity contribution in [2.75, 3.05) is 0 Å². The van der Waals surface area contributed by atoms with Gasteiger partial charge in [0, 0.05) is 10.9 Å². The predicted octanol–water partition coefficient (Wildman–Crippen LogP) is 1.92. The molecule has 0 aromatic heterocycles. The van der Waals surface area contributed by atoms with Crippen molar-refractivity contribution in [3.8, 4) is 0 Å². The highest BCUT2D eigenvalue weighted by Gasteiger charge is 2.16. The molecule has 1 rings (SSSR count). The molecule has 0 radical (unpaired) electrons. The summed E-state index contributed by atoms with van der Waals surface area (Å²) >= 11 is 2.91. The van der Waals surface area contributed by atoms with E-state index < -0.39 is 29.8 Å². The second-order valence-electron chi connectivity index (χ2n) is 2.76. The Morgan fingerprint density at radius 2 is 1.80 bits per heavy atom. The smallest absolute Gasteiger partial charge is 0.372 e. The number of rotatable bonds is 3. The molecule has 0 bridgehead atoms. The lowest BCUT2D eigenvalue weighted by atomic mass is 10.1. The zero-order valence-corrected chi connectivity index (χ0v) is 8.85. The van der Waals surface area contributed by atoms with Crippen LogP contribution in [0.2, 0.25) is 0 Å². The first kappa shape index (κ1) is 11.8. The van der Waals surface area contributed by atoms with Crippen LogP contribution in [0.4, 0.5) is 8.78 Å². The second kappa shape index (κ2) is 4.48. The number of carboxylic acid groups (broad SMARTS) is 1. The number of carbonyl (C=O) groups excluding carboxylic acids is 1. The van der Waals surface area contributed by atoms with E-state index >= 15 is 0 Å². The minimum Gasteiger partial charge on any atom is -0.475 e. The molecule has 80 valence electrons. The maximum Gasteiger partial charge on any atom is 0.372 e. The van der Waals surface area contributed by atoms with Crippen molar-refractivity contribution < 1.29 is 23.5 Å². The lowest BCUT2D eigenvalue weighted by molar-refractivity contribution is -0.148. The van der Waals surface area contributed by atoms with E-state index in [1.165, 1.54) is 0 Å². The quantitative estimate of drug-likeness (QED) is 0.679. The van der Waals surface area contributed by atoms with Crippen LogP contribution in [0, 0.1) is 11.6 Å². The Kier molecular flexibility index (Phi) is 3.52. The highest BCUT2D eigenvalue weighted by atomic mass is 79.9. The van der Waals surface area contributed by atoms with Gasteiger partial charge in [-0.25, -0.2) is 13.6 Å². The number of Topliss-reactive ketones (excluding diaryl/α,β-unsaturated/α-hetero) is 1. The third-order valence-corrected chi connectivity index (χ3v) is 2.42. The number of aliphatic carboxylic acids is 1. The molecule has 0 unspecified atom stereocenters. The molecule has 0 aliphatic carbocycles. The molecular weight excluding hydrogens is 274 g/mol. The highest BCUT2D eigenvalue weighted by molar-refractivity contribution is 9.10. The molecule has 15 heavy (non-hydrogen) atoms. The Labute approximate surface area is 91.8 Å². The molecule has 0 aliphatic rings. The first-order chi connectivity index (χ1) is 6.91. The summed E-state index contributed by atoms with van der Waals surface area (Å²) in [6, 6.07) is 1.64. The van der Waals surface area contributed by atoms with Gasteiger partial charge in [0.05, 0.1) is 0 Å².